The number of carbonyl (C=O) groups is 1. The molecule has 0 bridgehead atoms. The summed E-state index contributed by atoms with van der Waals surface area (Å²) in [4.78, 5) is 15.6. The van der Waals surface area contributed by atoms with Crippen LogP contribution >= 0.6 is 0 Å². The fraction of sp³-hybridized carbons (Fsp3) is 0.917. The maximum Gasteiger partial charge on any atom is 0.307 e. The van der Waals surface area contributed by atoms with E-state index in [9.17, 15) is 9.90 Å². The Labute approximate surface area is 103 Å². The Morgan fingerprint density at radius 2 is 2.24 bits per heavy atom. The van der Waals surface area contributed by atoms with Crippen LogP contribution in [0.5, 0.6) is 0 Å². The van der Waals surface area contributed by atoms with E-state index in [0.29, 0.717) is 32.2 Å². The molecule has 5 heteroatoms. The Hall–Kier alpha value is -0.650. The van der Waals surface area contributed by atoms with Crippen LogP contribution in [0.4, 0.5) is 0 Å². The predicted molar refractivity (Wildman–Crippen MR) is 65.8 cm³/mol. The van der Waals surface area contributed by atoms with E-state index >= 15 is 0 Å². The van der Waals surface area contributed by atoms with E-state index in [1.165, 1.54) is 0 Å². The van der Waals surface area contributed by atoms with Crippen LogP contribution in [0.25, 0.3) is 0 Å². The summed E-state index contributed by atoms with van der Waals surface area (Å²) in [5, 5.41) is 9.68. The summed E-state index contributed by atoms with van der Waals surface area (Å²) < 4.78 is 4.91. The van der Waals surface area contributed by atoms with Gasteiger partial charge in [0.25, 0.3) is 0 Å². The van der Waals surface area contributed by atoms with Gasteiger partial charge in [-0.15, -0.1) is 0 Å². The number of esters is 1. The average Bonchev–Trinajstić information content (AvgIpc) is 2.55. The summed E-state index contributed by atoms with van der Waals surface area (Å²) in [6, 6.07) is 0.342. The second-order valence-corrected chi connectivity index (χ2v) is 4.86. The highest BCUT2D eigenvalue weighted by Gasteiger charge is 2.31. The zero-order valence-corrected chi connectivity index (χ0v) is 11.1. The van der Waals surface area contributed by atoms with Gasteiger partial charge in [0.1, 0.15) is 0 Å². The van der Waals surface area contributed by atoms with Gasteiger partial charge in [-0.3, -0.25) is 9.69 Å². The van der Waals surface area contributed by atoms with Crippen LogP contribution in [0.3, 0.4) is 0 Å². The van der Waals surface area contributed by atoms with E-state index in [1.54, 1.807) is 0 Å². The van der Waals surface area contributed by atoms with Crippen LogP contribution < -0.4 is 0 Å². The van der Waals surface area contributed by atoms with Gasteiger partial charge >= 0.3 is 5.97 Å². The molecule has 0 radical (unpaired) electrons. The third-order valence-electron chi connectivity index (χ3n) is 2.99. The van der Waals surface area contributed by atoms with Crippen LogP contribution in [0.2, 0.25) is 0 Å². The third kappa shape index (κ3) is 5.02. The van der Waals surface area contributed by atoms with Crippen molar-refractivity contribution in [2.75, 3.05) is 40.3 Å². The van der Waals surface area contributed by atoms with Gasteiger partial charge < -0.3 is 14.7 Å². The lowest BCUT2D eigenvalue weighted by atomic mass is 10.2. The number of ether oxygens (including phenoxy) is 1. The van der Waals surface area contributed by atoms with Crippen molar-refractivity contribution in [3.63, 3.8) is 0 Å². The molecule has 0 spiro atoms. The van der Waals surface area contributed by atoms with Gasteiger partial charge in [-0.25, -0.2) is 0 Å². The van der Waals surface area contributed by atoms with Gasteiger partial charge in [0.2, 0.25) is 0 Å². The van der Waals surface area contributed by atoms with Gasteiger partial charge in [-0.05, 0) is 27.4 Å². The molecule has 0 aromatic rings. The van der Waals surface area contributed by atoms with Gasteiger partial charge in [-0.2, -0.15) is 0 Å². The summed E-state index contributed by atoms with van der Waals surface area (Å²) in [6.45, 7) is 4.50. The molecule has 1 heterocycles. The molecule has 1 rings (SSSR count). The van der Waals surface area contributed by atoms with Crippen molar-refractivity contribution in [3.8, 4) is 0 Å². The SMILES string of the molecule is CCOC(=O)CCN1CC(O)CC1CN(C)C. The standard InChI is InChI=1S/C12H24N2O3/c1-4-17-12(16)5-6-14-9-11(15)7-10(14)8-13(2)3/h10-11,15H,4-9H2,1-3H3. The number of aliphatic hydroxyl groups is 1. The zero-order valence-electron chi connectivity index (χ0n) is 11.1. The molecule has 1 aliphatic heterocycles. The number of hydrogen-bond donors (Lipinski definition) is 1. The second kappa shape index (κ2) is 6.93. The lowest BCUT2D eigenvalue weighted by Gasteiger charge is -2.26. The molecule has 17 heavy (non-hydrogen) atoms. The average molecular weight is 244 g/mol. The molecule has 0 amide bonds. The van der Waals surface area contributed by atoms with Crippen molar-refractivity contribution in [1.29, 1.82) is 0 Å². The maximum atomic E-state index is 11.3. The molecule has 1 N–H and O–H groups in total. The number of nitrogens with zero attached hydrogens (tertiary/aromatic N) is 2. The van der Waals surface area contributed by atoms with Crippen LogP contribution in [0.1, 0.15) is 19.8 Å². The molecule has 0 saturated carbocycles. The third-order valence-corrected chi connectivity index (χ3v) is 2.99. The smallest absolute Gasteiger partial charge is 0.307 e. The zero-order chi connectivity index (χ0) is 12.8. The Morgan fingerprint density at radius 3 is 2.82 bits per heavy atom. The minimum absolute atomic E-state index is 0.155. The van der Waals surface area contributed by atoms with Gasteiger partial charge in [0.05, 0.1) is 19.1 Å². The minimum atomic E-state index is -0.262. The number of rotatable bonds is 6. The number of likely N-dealkylation sites (N-methyl/N-ethyl adjacent to an activating group) is 1. The fourth-order valence-corrected chi connectivity index (χ4v) is 2.31. The number of hydrogen-bond acceptors (Lipinski definition) is 5. The summed E-state index contributed by atoms with van der Waals surface area (Å²) in [7, 11) is 4.04. The number of carbonyl (C=O) groups excluding carboxylic acids is 1. The highest BCUT2D eigenvalue weighted by molar-refractivity contribution is 5.69. The predicted octanol–water partition coefficient (Wildman–Crippen LogP) is -0.0636. The van der Waals surface area contributed by atoms with Crippen LogP contribution in [0.15, 0.2) is 0 Å². The van der Waals surface area contributed by atoms with E-state index in [-0.39, 0.29) is 12.1 Å². The van der Waals surface area contributed by atoms with E-state index in [0.717, 1.165) is 13.0 Å². The molecular formula is C12H24N2O3. The molecule has 0 aliphatic carbocycles. The largest absolute Gasteiger partial charge is 0.466 e. The molecule has 0 aromatic heterocycles. The van der Waals surface area contributed by atoms with Gasteiger partial charge in [-0.1, -0.05) is 0 Å². The Bertz CT molecular complexity index is 246. The maximum absolute atomic E-state index is 11.3. The molecule has 5 nitrogen and oxygen atoms in total. The Kier molecular flexibility index (Phi) is 5.88. The lowest BCUT2D eigenvalue weighted by molar-refractivity contribution is -0.143. The molecule has 1 saturated heterocycles. The first-order chi connectivity index (χ1) is 8.02. The van der Waals surface area contributed by atoms with Crippen LogP contribution in [-0.4, -0.2) is 73.4 Å². The Morgan fingerprint density at radius 1 is 1.53 bits per heavy atom. The van der Waals surface area contributed by atoms with Crippen molar-refractivity contribution in [3.05, 3.63) is 0 Å². The number of aliphatic hydroxyl groups excluding tert-OH is 1. The van der Waals surface area contributed by atoms with E-state index < -0.39 is 0 Å². The van der Waals surface area contributed by atoms with Crippen molar-refractivity contribution in [1.82, 2.24) is 9.80 Å². The van der Waals surface area contributed by atoms with Gasteiger partial charge in [0, 0.05) is 25.7 Å². The van der Waals surface area contributed by atoms with E-state index in [4.69, 9.17) is 4.74 Å². The Balaban J connectivity index is 2.36. The topological polar surface area (TPSA) is 53.0 Å². The summed E-state index contributed by atoms with van der Waals surface area (Å²) in [5.74, 6) is -0.155. The van der Waals surface area contributed by atoms with Gasteiger partial charge in [0.15, 0.2) is 0 Å². The van der Waals surface area contributed by atoms with E-state index in [2.05, 4.69) is 9.80 Å². The minimum Gasteiger partial charge on any atom is -0.466 e. The first-order valence-electron chi connectivity index (χ1n) is 6.25. The molecule has 1 fully saturated rings. The van der Waals surface area contributed by atoms with Crippen molar-refractivity contribution in [2.45, 2.75) is 31.9 Å². The molecular weight excluding hydrogens is 220 g/mol. The monoisotopic (exact) mass is 244 g/mol. The first-order valence-corrected chi connectivity index (χ1v) is 6.25. The number of β-amino-alcohol motifs (C(OH)–C–C–N with tert-alkyl or cyclic N) is 1. The highest BCUT2D eigenvalue weighted by atomic mass is 16.5. The summed E-state index contributed by atoms with van der Waals surface area (Å²) in [5.41, 5.74) is 0. The van der Waals surface area contributed by atoms with Crippen molar-refractivity contribution >= 4 is 5.97 Å². The number of likely N-dealkylation sites (tertiary alicyclic amines) is 1. The molecule has 2 unspecified atom stereocenters. The second-order valence-electron chi connectivity index (χ2n) is 4.86. The molecule has 1 aliphatic rings. The quantitative estimate of drug-likeness (QED) is 0.663. The summed E-state index contributed by atoms with van der Waals surface area (Å²) >= 11 is 0. The molecule has 0 aromatic carbocycles. The highest BCUT2D eigenvalue weighted by Crippen LogP contribution is 2.18. The van der Waals surface area contributed by atoms with Crippen LogP contribution in [-0.2, 0) is 9.53 Å². The molecule has 2 atom stereocenters. The van der Waals surface area contributed by atoms with E-state index in [1.807, 2.05) is 21.0 Å². The molecule has 100 valence electrons. The first kappa shape index (κ1) is 14.4. The van der Waals surface area contributed by atoms with Crippen molar-refractivity contribution < 1.29 is 14.6 Å². The van der Waals surface area contributed by atoms with Crippen molar-refractivity contribution in [2.24, 2.45) is 0 Å². The summed E-state index contributed by atoms with van der Waals surface area (Å²) in [6.07, 6.45) is 0.938. The lowest BCUT2D eigenvalue weighted by Crippen LogP contribution is -2.38. The fourth-order valence-electron chi connectivity index (χ4n) is 2.31. The van der Waals surface area contributed by atoms with Crippen LogP contribution in [0, 0.1) is 0 Å². The normalized spacial score (nSPS) is 25.5.